The molecule has 4 heteroatoms. The van der Waals surface area contributed by atoms with Crippen LogP contribution in [0.15, 0.2) is 6.20 Å². The van der Waals surface area contributed by atoms with Crippen LogP contribution < -0.4 is 5.73 Å². The second-order valence-corrected chi connectivity index (χ2v) is 2.67. The zero-order valence-electron chi connectivity index (χ0n) is 6.99. The summed E-state index contributed by atoms with van der Waals surface area (Å²) in [4.78, 5) is 0. The molecule has 4 nitrogen and oxygen atoms in total. The van der Waals surface area contributed by atoms with E-state index in [4.69, 9.17) is 5.73 Å². The normalized spacial score (nSPS) is 13.4. The minimum absolute atomic E-state index is 0.0246. The predicted molar refractivity (Wildman–Crippen MR) is 42.9 cm³/mol. The van der Waals surface area contributed by atoms with Crippen LogP contribution in [0.5, 0.6) is 0 Å². The van der Waals surface area contributed by atoms with Crippen molar-refractivity contribution in [3.05, 3.63) is 11.9 Å². The fourth-order valence-electron chi connectivity index (χ4n) is 1.00. The maximum Gasteiger partial charge on any atom is 0.0751 e. The summed E-state index contributed by atoms with van der Waals surface area (Å²) >= 11 is 0. The Bertz CT molecular complexity index is 216. The molecule has 62 valence electrons. The van der Waals surface area contributed by atoms with E-state index in [2.05, 4.69) is 17.2 Å². The van der Waals surface area contributed by atoms with Gasteiger partial charge in [0.15, 0.2) is 0 Å². The zero-order valence-corrected chi connectivity index (χ0v) is 6.99. The Morgan fingerprint density at radius 2 is 2.45 bits per heavy atom. The minimum Gasteiger partial charge on any atom is -0.323 e. The molecular weight excluding hydrogens is 140 g/mol. The van der Waals surface area contributed by atoms with E-state index in [9.17, 15) is 0 Å². The Balaban J connectivity index is 2.78. The second kappa shape index (κ2) is 3.48. The van der Waals surface area contributed by atoms with Gasteiger partial charge < -0.3 is 5.73 Å². The fraction of sp³-hybridized carbons (Fsp3) is 0.714. The van der Waals surface area contributed by atoms with E-state index in [0.29, 0.717) is 0 Å². The van der Waals surface area contributed by atoms with E-state index in [-0.39, 0.29) is 6.04 Å². The highest BCUT2D eigenvalue weighted by atomic mass is 15.4. The molecule has 11 heavy (non-hydrogen) atoms. The SMILES string of the molecule is CCCn1nncc1[C@H](C)N. The van der Waals surface area contributed by atoms with Gasteiger partial charge in [0.05, 0.1) is 11.9 Å². The largest absolute Gasteiger partial charge is 0.323 e. The molecule has 0 aliphatic heterocycles. The van der Waals surface area contributed by atoms with E-state index >= 15 is 0 Å². The van der Waals surface area contributed by atoms with Crippen molar-refractivity contribution in [1.82, 2.24) is 15.0 Å². The van der Waals surface area contributed by atoms with E-state index in [1.165, 1.54) is 0 Å². The summed E-state index contributed by atoms with van der Waals surface area (Å²) in [7, 11) is 0. The smallest absolute Gasteiger partial charge is 0.0751 e. The van der Waals surface area contributed by atoms with Crippen molar-refractivity contribution in [2.24, 2.45) is 5.73 Å². The molecule has 0 aromatic carbocycles. The van der Waals surface area contributed by atoms with Gasteiger partial charge in [0.2, 0.25) is 0 Å². The Kier molecular flexibility index (Phi) is 2.59. The highest BCUT2D eigenvalue weighted by molar-refractivity contribution is 4.98. The van der Waals surface area contributed by atoms with E-state index in [0.717, 1.165) is 18.7 Å². The summed E-state index contributed by atoms with van der Waals surface area (Å²) in [5.74, 6) is 0. The first kappa shape index (κ1) is 8.20. The summed E-state index contributed by atoms with van der Waals surface area (Å²) in [6.45, 7) is 4.94. The van der Waals surface area contributed by atoms with Gasteiger partial charge in [0.1, 0.15) is 0 Å². The molecular formula is C7H14N4. The second-order valence-electron chi connectivity index (χ2n) is 2.67. The topological polar surface area (TPSA) is 56.7 Å². The molecule has 1 aromatic rings. The molecule has 1 aromatic heterocycles. The van der Waals surface area contributed by atoms with Gasteiger partial charge in [-0.3, -0.25) is 0 Å². The molecule has 0 amide bonds. The molecule has 1 rings (SSSR count). The third-order valence-electron chi connectivity index (χ3n) is 1.55. The maximum atomic E-state index is 5.69. The summed E-state index contributed by atoms with van der Waals surface area (Å²) < 4.78 is 1.85. The van der Waals surface area contributed by atoms with Gasteiger partial charge in [0.25, 0.3) is 0 Å². The van der Waals surface area contributed by atoms with Crippen molar-refractivity contribution in [2.45, 2.75) is 32.9 Å². The van der Waals surface area contributed by atoms with Crippen LogP contribution in [0.2, 0.25) is 0 Å². The molecule has 1 heterocycles. The molecule has 0 spiro atoms. The number of nitrogens with zero attached hydrogens (tertiary/aromatic N) is 3. The number of hydrogen-bond acceptors (Lipinski definition) is 3. The van der Waals surface area contributed by atoms with Crippen LogP contribution in [0.3, 0.4) is 0 Å². The first-order valence-corrected chi connectivity index (χ1v) is 3.89. The number of aromatic nitrogens is 3. The van der Waals surface area contributed by atoms with Gasteiger partial charge in [0, 0.05) is 12.6 Å². The van der Waals surface area contributed by atoms with Crippen LogP contribution in [-0.4, -0.2) is 15.0 Å². The van der Waals surface area contributed by atoms with Gasteiger partial charge in [-0.15, -0.1) is 5.10 Å². The monoisotopic (exact) mass is 154 g/mol. The molecule has 0 saturated carbocycles. The summed E-state index contributed by atoms with van der Waals surface area (Å²) in [5, 5.41) is 7.71. The molecule has 1 atom stereocenters. The van der Waals surface area contributed by atoms with Gasteiger partial charge in [-0.05, 0) is 13.3 Å². The van der Waals surface area contributed by atoms with Crippen molar-refractivity contribution in [3.8, 4) is 0 Å². The first-order valence-electron chi connectivity index (χ1n) is 3.89. The van der Waals surface area contributed by atoms with Crippen molar-refractivity contribution >= 4 is 0 Å². The van der Waals surface area contributed by atoms with Crippen molar-refractivity contribution < 1.29 is 0 Å². The van der Waals surface area contributed by atoms with E-state index in [1.807, 2.05) is 11.6 Å². The molecule has 0 aliphatic carbocycles. The number of rotatable bonds is 3. The lowest BCUT2D eigenvalue weighted by Gasteiger charge is -2.06. The first-order chi connectivity index (χ1) is 5.25. The summed E-state index contributed by atoms with van der Waals surface area (Å²) in [6.07, 6.45) is 2.78. The van der Waals surface area contributed by atoms with Gasteiger partial charge >= 0.3 is 0 Å². The lowest BCUT2D eigenvalue weighted by molar-refractivity contribution is 0.537. The van der Waals surface area contributed by atoms with E-state index < -0.39 is 0 Å². The third-order valence-corrected chi connectivity index (χ3v) is 1.55. The lowest BCUT2D eigenvalue weighted by Crippen LogP contribution is -2.13. The molecule has 0 aliphatic rings. The zero-order chi connectivity index (χ0) is 8.27. The van der Waals surface area contributed by atoms with Crippen molar-refractivity contribution in [2.75, 3.05) is 0 Å². The molecule has 2 N–H and O–H groups in total. The van der Waals surface area contributed by atoms with Crippen LogP contribution >= 0.6 is 0 Å². The van der Waals surface area contributed by atoms with Crippen LogP contribution in [0.1, 0.15) is 32.0 Å². The highest BCUT2D eigenvalue weighted by Gasteiger charge is 2.05. The average Bonchev–Trinajstić information content (AvgIpc) is 2.36. The molecule has 0 radical (unpaired) electrons. The van der Waals surface area contributed by atoms with Crippen LogP contribution in [-0.2, 0) is 6.54 Å². The molecule has 0 saturated heterocycles. The Morgan fingerprint density at radius 3 is 3.00 bits per heavy atom. The van der Waals surface area contributed by atoms with Crippen molar-refractivity contribution in [3.63, 3.8) is 0 Å². The molecule has 0 unspecified atom stereocenters. The predicted octanol–water partition coefficient (Wildman–Crippen LogP) is 0.708. The number of hydrogen-bond donors (Lipinski definition) is 1. The summed E-state index contributed by atoms with van der Waals surface area (Å²) in [6, 6.07) is 0.0246. The molecule has 0 fully saturated rings. The van der Waals surface area contributed by atoms with Crippen LogP contribution in [0.4, 0.5) is 0 Å². The van der Waals surface area contributed by atoms with Gasteiger partial charge in [-0.25, -0.2) is 4.68 Å². The summed E-state index contributed by atoms with van der Waals surface area (Å²) in [5.41, 5.74) is 6.69. The number of nitrogens with two attached hydrogens (primary N) is 1. The lowest BCUT2D eigenvalue weighted by atomic mass is 10.3. The van der Waals surface area contributed by atoms with Gasteiger partial charge in [-0.2, -0.15) is 0 Å². The van der Waals surface area contributed by atoms with Gasteiger partial charge in [-0.1, -0.05) is 12.1 Å². The van der Waals surface area contributed by atoms with Crippen molar-refractivity contribution in [1.29, 1.82) is 0 Å². The Morgan fingerprint density at radius 1 is 1.73 bits per heavy atom. The van der Waals surface area contributed by atoms with Crippen LogP contribution in [0, 0.1) is 0 Å². The highest BCUT2D eigenvalue weighted by Crippen LogP contribution is 2.06. The van der Waals surface area contributed by atoms with Crippen LogP contribution in [0.25, 0.3) is 0 Å². The van der Waals surface area contributed by atoms with E-state index in [1.54, 1.807) is 6.20 Å². The fourth-order valence-corrected chi connectivity index (χ4v) is 1.00. The molecule has 0 bridgehead atoms. The maximum absolute atomic E-state index is 5.69. The third kappa shape index (κ3) is 1.77. The standard InChI is InChI=1S/C7H14N4/c1-3-4-11-7(6(2)8)5-9-10-11/h5-6H,3-4,8H2,1-2H3/t6-/m0/s1. The minimum atomic E-state index is 0.0246. The average molecular weight is 154 g/mol. The number of aryl methyl sites for hydroxylation is 1. The Hall–Kier alpha value is -0.900. The quantitative estimate of drug-likeness (QED) is 0.697. The Labute approximate surface area is 66.4 Å².